The van der Waals surface area contributed by atoms with E-state index in [9.17, 15) is 9.59 Å². The molecule has 1 saturated carbocycles. The number of amides is 1. The molecule has 2 aromatic rings. The Morgan fingerprint density at radius 3 is 2.87 bits per heavy atom. The van der Waals surface area contributed by atoms with Gasteiger partial charge in [-0.3, -0.25) is 9.59 Å². The Bertz CT molecular complexity index is 743. The van der Waals surface area contributed by atoms with Gasteiger partial charge in [0.1, 0.15) is 5.69 Å². The minimum Gasteiger partial charge on any atom is -0.481 e. The van der Waals surface area contributed by atoms with Crippen LogP contribution in [-0.4, -0.2) is 28.2 Å². The van der Waals surface area contributed by atoms with Crippen LogP contribution in [0.1, 0.15) is 29.8 Å². The summed E-state index contributed by atoms with van der Waals surface area (Å²) in [4.78, 5) is 23.4. The van der Waals surface area contributed by atoms with Gasteiger partial charge in [0.15, 0.2) is 0 Å². The van der Waals surface area contributed by atoms with Crippen molar-refractivity contribution in [2.24, 2.45) is 5.92 Å². The quantitative estimate of drug-likeness (QED) is 0.896. The third kappa shape index (κ3) is 3.37. The molecule has 23 heavy (non-hydrogen) atoms. The Morgan fingerprint density at radius 1 is 1.30 bits per heavy atom. The van der Waals surface area contributed by atoms with Crippen molar-refractivity contribution in [3.8, 4) is 11.3 Å². The number of carbonyl (C=O) groups is 2. The Morgan fingerprint density at radius 2 is 2.13 bits per heavy atom. The van der Waals surface area contributed by atoms with Gasteiger partial charge in [0.05, 0.1) is 5.92 Å². The molecule has 7 heteroatoms. The van der Waals surface area contributed by atoms with Crippen LogP contribution in [0.5, 0.6) is 0 Å². The Balaban J connectivity index is 1.73. The summed E-state index contributed by atoms with van der Waals surface area (Å²) in [5.41, 5.74) is 1.24. The van der Waals surface area contributed by atoms with Gasteiger partial charge in [0.25, 0.3) is 5.91 Å². The SMILES string of the molecule is O=C(N[C@H]1CCC[C@H]1C(=O)O)c1cc(-c2cccc(Cl)c2)no1. The van der Waals surface area contributed by atoms with Gasteiger partial charge in [-0.15, -0.1) is 0 Å². The van der Waals surface area contributed by atoms with Crippen molar-refractivity contribution in [1.29, 1.82) is 0 Å². The fourth-order valence-corrected chi connectivity index (χ4v) is 3.02. The van der Waals surface area contributed by atoms with E-state index in [0.29, 0.717) is 23.6 Å². The second kappa shape index (κ2) is 6.42. The molecule has 0 unspecified atom stereocenters. The second-order valence-electron chi connectivity index (χ2n) is 5.54. The number of carboxylic acid groups (broad SMARTS) is 1. The fraction of sp³-hybridized carbons (Fsp3) is 0.312. The Labute approximate surface area is 137 Å². The average Bonchev–Trinajstić information content (AvgIpc) is 3.16. The molecule has 0 aliphatic heterocycles. The van der Waals surface area contributed by atoms with Crippen molar-refractivity contribution < 1.29 is 19.2 Å². The van der Waals surface area contributed by atoms with E-state index >= 15 is 0 Å². The molecule has 0 bridgehead atoms. The van der Waals surface area contributed by atoms with Crippen LogP contribution >= 0.6 is 11.6 Å². The lowest BCUT2D eigenvalue weighted by atomic mass is 10.0. The van der Waals surface area contributed by atoms with E-state index in [2.05, 4.69) is 10.5 Å². The summed E-state index contributed by atoms with van der Waals surface area (Å²) in [5.74, 6) is -1.83. The van der Waals surface area contributed by atoms with Gasteiger partial charge in [0, 0.05) is 22.7 Å². The molecular formula is C16H15ClN2O4. The summed E-state index contributed by atoms with van der Waals surface area (Å²) < 4.78 is 5.07. The Hall–Kier alpha value is -2.34. The van der Waals surface area contributed by atoms with Crippen LogP contribution in [0, 0.1) is 5.92 Å². The topological polar surface area (TPSA) is 92.4 Å². The highest BCUT2D eigenvalue weighted by Gasteiger charge is 2.34. The molecule has 3 rings (SSSR count). The summed E-state index contributed by atoms with van der Waals surface area (Å²) in [6.45, 7) is 0. The minimum absolute atomic E-state index is 0.0519. The summed E-state index contributed by atoms with van der Waals surface area (Å²) in [6, 6.07) is 8.19. The van der Waals surface area contributed by atoms with Gasteiger partial charge < -0.3 is 14.9 Å². The number of aliphatic carboxylic acids is 1. The molecule has 2 atom stereocenters. The zero-order valence-corrected chi connectivity index (χ0v) is 12.9. The summed E-state index contributed by atoms with van der Waals surface area (Å²) in [7, 11) is 0. The van der Waals surface area contributed by atoms with E-state index in [1.807, 2.05) is 6.07 Å². The van der Waals surface area contributed by atoms with Crippen molar-refractivity contribution in [3.05, 3.63) is 41.1 Å². The van der Waals surface area contributed by atoms with Gasteiger partial charge in [-0.05, 0) is 25.0 Å². The molecule has 1 heterocycles. The molecule has 6 nitrogen and oxygen atoms in total. The summed E-state index contributed by atoms with van der Waals surface area (Å²) in [6.07, 6.45) is 2.01. The largest absolute Gasteiger partial charge is 0.481 e. The molecule has 1 aliphatic rings. The van der Waals surface area contributed by atoms with E-state index < -0.39 is 17.8 Å². The van der Waals surface area contributed by atoms with Crippen LogP contribution in [0.15, 0.2) is 34.9 Å². The van der Waals surface area contributed by atoms with E-state index in [1.165, 1.54) is 6.07 Å². The van der Waals surface area contributed by atoms with E-state index in [1.54, 1.807) is 18.2 Å². The van der Waals surface area contributed by atoms with Crippen molar-refractivity contribution in [1.82, 2.24) is 10.5 Å². The van der Waals surface area contributed by atoms with Gasteiger partial charge in [-0.2, -0.15) is 0 Å². The minimum atomic E-state index is -0.884. The van der Waals surface area contributed by atoms with Crippen LogP contribution in [-0.2, 0) is 4.79 Å². The molecule has 120 valence electrons. The van der Waals surface area contributed by atoms with Crippen LogP contribution < -0.4 is 5.32 Å². The smallest absolute Gasteiger partial charge is 0.308 e. The number of aromatic nitrogens is 1. The second-order valence-corrected chi connectivity index (χ2v) is 5.98. The number of halogens is 1. The number of benzene rings is 1. The van der Waals surface area contributed by atoms with Gasteiger partial charge in [-0.1, -0.05) is 35.3 Å². The summed E-state index contributed by atoms with van der Waals surface area (Å²) >= 11 is 5.93. The lowest BCUT2D eigenvalue weighted by Crippen LogP contribution is -2.40. The molecule has 2 N–H and O–H groups in total. The predicted octanol–water partition coefficient (Wildman–Crippen LogP) is 2.98. The number of nitrogens with one attached hydrogen (secondary N) is 1. The zero-order valence-electron chi connectivity index (χ0n) is 12.2. The molecular weight excluding hydrogens is 320 g/mol. The van der Waals surface area contributed by atoms with Crippen LogP contribution in [0.2, 0.25) is 5.02 Å². The number of carboxylic acids is 1. The number of carbonyl (C=O) groups excluding carboxylic acids is 1. The molecule has 1 fully saturated rings. The van der Waals surface area contributed by atoms with E-state index in [-0.39, 0.29) is 11.8 Å². The van der Waals surface area contributed by atoms with Gasteiger partial charge in [0.2, 0.25) is 5.76 Å². The van der Waals surface area contributed by atoms with Gasteiger partial charge >= 0.3 is 5.97 Å². The number of hydrogen-bond acceptors (Lipinski definition) is 4. The van der Waals surface area contributed by atoms with Crippen LogP contribution in [0.25, 0.3) is 11.3 Å². The van der Waals surface area contributed by atoms with Gasteiger partial charge in [-0.25, -0.2) is 0 Å². The monoisotopic (exact) mass is 334 g/mol. The molecule has 0 radical (unpaired) electrons. The predicted molar refractivity (Wildman–Crippen MR) is 83.2 cm³/mol. The van der Waals surface area contributed by atoms with Crippen molar-refractivity contribution in [3.63, 3.8) is 0 Å². The molecule has 1 aromatic heterocycles. The first-order chi connectivity index (χ1) is 11.0. The highest BCUT2D eigenvalue weighted by atomic mass is 35.5. The first-order valence-electron chi connectivity index (χ1n) is 7.31. The zero-order chi connectivity index (χ0) is 16.4. The van der Waals surface area contributed by atoms with Crippen LogP contribution in [0.4, 0.5) is 0 Å². The first-order valence-corrected chi connectivity index (χ1v) is 7.69. The standard InChI is InChI=1S/C16H15ClN2O4/c17-10-4-1-3-9(7-10)13-8-14(23-19-13)15(20)18-12-6-2-5-11(12)16(21)22/h1,3-4,7-8,11-12H,2,5-6H2,(H,18,20)(H,21,22)/t11-,12+/m1/s1. The number of hydrogen-bond donors (Lipinski definition) is 2. The maximum atomic E-state index is 12.2. The lowest BCUT2D eigenvalue weighted by Gasteiger charge is -2.16. The van der Waals surface area contributed by atoms with Crippen LogP contribution in [0.3, 0.4) is 0 Å². The molecule has 0 saturated heterocycles. The highest BCUT2D eigenvalue weighted by Crippen LogP contribution is 2.27. The van der Waals surface area contributed by atoms with E-state index in [0.717, 1.165) is 12.0 Å². The molecule has 1 aliphatic carbocycles. The maximum absolute atomic E-state index is 12.2. The fourth-order valence-electron chi connectivity index (χ4n) is 2.83. The third-order valence-corrected chi connectivity index (χ3v) is 4.24. The van der Waals surface area contributed by atoms with Crippen molar-refractivity contribution in [2.75, 3.05) is 0 Å². The molecule has 0 spiro atoms. The first kappa shape index (κ1) is 15.6. The maximum Gasteiger partial charge on any atom is 0.308 e. The normalized spacial score (nSPS) is 20.4. The number of nitrogens with zero attached hydrogens (tertiary/aromatic N) is 1. The average molecular weight is 335 g/mol. The van der Waals surface area contributed by atoms with Crippen molar-refractivity contribution in [2.45, 2.75) is 25.3 Å². The van der Waals surface area contributed by atoms with Crippen molar-refractivity contribution >= 4 is 23.5 Å². The highest BCUT2D eigenvalue weighted by molar-refractivity contribution is 6.30. The van der Waals surface area contributed by atoms with E-state index in [4.69, 9.17) is 21.2 Å². The molecule has 1 amide bonds. The lowest BCUT2D eigenvalue weighted by molar-refractivity contribution is -0.142. The molecule has 1 aromatic carbocycles. The Kier molecular flexibility index (Phi) is 4.34. The third-order valence-electron chi connectivity index (χ3n) is 4.00. The summed E-state index contributed by atoms with van der Waals surface area (Å²) in [5, 5.41) is 16.3. The number of rotatable bonds is 4.